The topological polar surface area (TPSA) is 46.6 Å². The zero-order chi connectivity index (χ0) is 15.5. The lowest BCUT2D eigenvalue weighted by Gasteiger charge is -2.36. The number of carbonyl (C=O) groups is 2. The third-order valence-electron chi connectivity index (χ3n) is 4.29. The molecule has 0 saturated carbocycles. The highest BCUT2D eigenvalue weighted by molar-refractivity contribution is 5.84. The van der Waals surface area contributed by atoms with E-state index in [2.05, 4.69) is 13.8 Å². The molecule has 0 unspecified atom stereocenters. The van der Waals surface area contributed by atoms with E-state index in [9.17, 15) is 9.59 Å². The Labute approximate surface area is 122 Å². The summed E-state index contributed by atoms with van der Waals surface area (Å²) in [5, 5.41) is 0. The summed E-state index contributed by atoms with van der Waals surface area (Å²) in [6.45, 7) is 11.2. The van der Waals surface area contributed by atoms with Crippen molar-refractivity contribution in [1.29, 1.82) is 0 Å². The zero-order valence-corrected chi connectivity index (χ0v) is 13.7. The van der Waals surface area contributed by atoms with Gasteiger partial charge < -0.3 is 9.64 Å². The average Bonchev–Trinajstić information content (AvgIpc) is 2.82. The summed E-state index contributed by atoms with van der Waals surface area (Å²) >= 11 is 0. The first kappa shape index (κ1) is 17.0. The van der Waals surface area contributed by atoms with Crippen LogP contribution in [-0.2, 0) is 14.3 Å². The van der Waals surface area contributed by atoms with Gasteiger partial charge in [0.15, 0.2) is 0 Å². The van der Waals surface area contributed by atoms with E-state index in [1.54, 1.807) is 0 Å². The van der Waals surface area contributed by atoms with Gasteiger partial charge in [0.05, 0.1) is 19.4 Å². The Morgan fingerprint density at radius 1 is 1.30 bits per heavy atom. The van der Waals surface area contributed by atoms with Crippen molar-refractivity contribution in [3.63, 3.8) is 0 Å². The van der Waals surface area contributed by atoms with Crippen LogP contribution in [0.5, 0.6) is 0 Å². The second-order valence-corrected chi connectivity index (χ2v) is 7.18. The van der Waals surface area contributed by atoms with Gasteiger partial charge in [-0.05, 0) is 24.2 Å². The SMILES string of the molecule is COC(=O)C[C@H](C(=O)N1CCC[C@H]1C(C)C)C(C)(C)C. The molecule has 1 aliphatic heterocycles. The van der Waals surface area contributed by atoms with Crippen LogP contribution in [0.4, 0.5) is 0 Å². The Balaban J connectivity index is 2.90. The highest BCUT2D eigenvalue weighted by Crippen LogP contribution is 2.34. The Hall–Kier alpha value is -1.06. The number of methoxy groups -OCH3 is 1. The normalized spacial score (nSPS) is 21.1. The molecular formula is C16H29NO3. The summed E-state index contributed by atoms with van der Waals surface area (Å²) in [5.41, 5.74) is -0.241. The molecule has 0 spiro atoms. The first-order chi connectivity index (χ1) is 9.18. The molecule has 1 fully saturated rings. The zero-order valence-electron chi connectivity index (χ0n) is 13.7. The molecule has 4 nitrogen and oxygen atoms in total. The Bertz CT molecular complexity index is 357. The van der Waals surface area contributed by atoms with Gasteiger partial charge in [-0.1, -0.05) is 34.6 Å². The molecule has 0 aromatic carbocycles. The van der Waals surface area contributed by atoms with Crippen LogP contribution in [0.15, 0.2) is 0 Å². The minimum atomic E-state index is -0.311. The highest BCUT2D eigenvalue weighted by Gasteiger charge is 2.40. The number of amides is 1. The lowest BCUT2D eigenvalue weighted by Crippen LogP contribution is -2.46. The molecule has 1 rings (SSSR count). The highest BCUT2D eigenvalue weighted by atomic mass is 16.5. The van der Waals surface area contributed by atoms with E-state index < -0.39 is 0 Å². The summed E-state index contributed by atoms with van der Waals surface area (Å²) in [6, 6.07) is 0.310. The van der Waals surface area contributed by atoms with Gasteiger partial charge in [0.25, 0.3) is 0 Å². The fourth-order valence-corrected chi connectivity index (χ4v) is 2.97. The van der Waals surface area contributed by atoms with Gasteiger partial charge in [-0.2, -0.15) is 0 Å². The lowest BCUT2D eigenvalue weighted by molar-refractivity contribution is -0.150. The van der Waals surface area contributed by atoms with Crippen LogP contribution in [0.25, 0.3) is 0 Å². The number of nitrogens with zero attached hydrogens (tertiary/aromatic N) is 1. The molecule has 0 N–H and O–H groups in total. The van der Waals surface area contributed by atoms with Crippen molar-refractivity contribution in [2.24, 2.45) is 17.3 Å². The Kier molecular flexibility index (Phi) is 5.60. The van der Waals surface area contributed by atoms with Crippen LogP contribution in [0.2, 0.25) is 0 Å². The van der Waals surface area contributed by atoms with Gasteiger partial charge in [-0.25, -0.2) is 0 Å². The predicted octanol–water partition coefficient (Wildman–Crippen LogP) is 2.86. The van der Waals surface area contributed by atoms with Gasteiger partial charge in [-0.3, -0.25) is 9.59 Å². The molecule has 0 aromatic heterocycles. The molecule has 2 atom stereocenters. The first-order valence-corrected chi connectivity index (χ1v) is 7.55. The molecule has 1 amide bonds. The van der Waals surface area contributed by atoms with Crippen molar-refractivity contribution in [3.05, 3.63) is 0 Å². The maximum Gasteiger partial charge on any atom is 0.306 e. The van der Waals surface area contributed by atoms with Crippen molar-refractivity contribution in [3.8, 4) is 0 Å². The van der Waals surface area contributed by atoms with E-state index in [4.69, 9.17) is 4.74 Å². The number of rotatable bonds is 4. The first-order valence-electron chi connectivity index (χ1n) is 7.55. The number of esters is 1. The summed E-state index contributed by atoms with van der Waals surface area (Å²) in [7, 11) is 1.37. The molecule has 0 radical (unpaired) electrons. The van der Waals surface area contributed by atoms with Crippen molar-refractivity contribution in [2.75, 3.05) is 13.7 Å². The molecule has 0 aliphatic carbocycles. The molecule has 1 aliphatic rings. The minimum absolute atomic E-state index is 0.110. The van der Waals surface area contributed by atoms with Crippen LogP contribution in [0, 0.1) is 17.3 Å². The molecular weight excluding hydrogens is 254 g/mol. The van der Waals surface area contributed by atoms with E-state index in [1.165, 1.54) is 7.11 Å². The summed E-state index contributed by atoms with van der Waals surface area (Å²) in [6.07, 6.45) is 2.29. The third kappa shape index (κ3) is 3.97. The van der Waals surface area contributed by atoms with E-state index in [0.717, 1.165) is 19.4 Å². The van der Waals surface area contributed by atoms with Gasteiger partial charge in [-0.15, -0.1) is 0 Å². The number of hydrogen-bond acceptors (Lipinski definition) is 3. The van der Waals surface area contributed by atoms with E-state index in [1.807, 2.05) is 25.7 Å². The quantitative estimate of drug-likeness (QED) is 0.745. The largest absolute Gasteiger partial charge is 0.469 e. The van der Waals surface area contributed by atoms with E-state index in [0.29, 0.717) is 12.0 Å². The van der Waals surface area contributed by atoms with Crippen LogP contribution < -0.4 is 0 Å². The fourth-order valence-electron chi connectivity index (χ4n) is 2.97. The number of carbonyl (C=O) groups excluding carboxylic acids is 2. The lowest BCUT2D eigenvalue weighted by atomic mass is 9.77. The molecule has 0 bridgehead atoms. The van der Waals surface area contributed by atoms with Gasteiger partial charge in [0, 0.05) is 12.6 Å². The van der Waals surface area contributed by atoms with Crippen LogP contribution >= 0.6 is 0 Å². The van der Waals surface area contributed by atoms with Crippen molar-refractivity contribution >= 4 is 11.9 Å². The van der Waals surface area contributed by atoms with Gasteiger partial charge >= 0.3 is 5.97 Å². The van der Waals surface area contributed by atoms with Crippen molar-refractivity contribution in [1.82, 2.24) is 4.90 Å². The summed E-state index contributed by atoms with van der Waals surface area (Å²) in [5.74, 6) is -0.0489. The maximum atomic E-state index is 12.9. The molecule has 20 heavy (non-hydrogen) atoms. The standard InChI is InChI=1S/C16H29NO3/c1-11(2)13-8-7-9-17(13)15(19)12(16(3,4)5)10-14(18)20-6/h11-13H,7-10H2,1-6H3/t12-,13+/m1/s1. The Morgan fingerprint density at radius 3 is 2.35 bits per heavy atom. The molecule has 0 aromatic rings. The number of hydrogen-bond donors (Lipinski definition) is 0. The summed E-state index contributed by atoms with van der Waals surface area (Å²) < 4.78 is 4.75. The van der Waals surface area contributed by atoms with E-state index in [-0.39, 0.29) is 29.6 Å². The van der Waals surface area contributed by atoms with Crippen LogP contribution in [0.3, 0.4) is 0 Å². The number of likely N-dealkylation sites (tertiary alicyclic amines) is 1. The fraction of sp³-hybridized carbons (Fsp3) is 0.875. The number of ether oxygens (including phenoxy) is 1. The summed E-state index contributed by atoms with van der Waals surface area (Å²) in [4.78, 5) is 26.5. The molecule has 1 saturated heterocycles. The second-order valence-electron chi connectivity index (χ2n) is 7.18. The van der Waals surface area contributed by atoms with Crippen LogP contribution in [0.1, 0.15) is 53.9 Å². The maximum absolute atomic E-state index is 12.9. The van der Waals surface area contributed by atoms with Gasteiger partial charge in [0.1, 0.15) is 0 Å². The molecule has 1 heterocycles. The van der Waals surface area contributed by atoms with Crippen molar-refractivity contribution < 1.29 is 14.3 Å². The van der Waals surface area contributed by atoms with Crippen molar-refractivity contribution in [2.45, 2.75) is 59.9 Å². The smallest absolute Gasteiger partial charge is 0.306 e. The minimum Gasteiger partial charge on any atom is -0.469 e. The van der Waals surface area contributed by atoms with Crippen LogP contribution in [-0.4, -0.2) is 36.5 Å². The Morgan fingerprint density at radius 2 is 1.90 bits per heavy atom. The predicted molar refractivity (Wildman–Crippen MR) is 79.2 cm³/mol. The second kappa shape index (κ2) is 6.59. The average molecular weight is 283 g/mol. The molecule has 116 valence electrons. The van der Waals surface area contributed by atoms with E-state index >= 15 is 0 Å². The molecule has 4 heteroatoms. The monoisotopic (exact) mass is 283 g/mol. The third-order valence-corrected chi connectivity index (χ3v) is 4.29. The van der Waals surface area contributed by atoms with Gasteiger partial charge in [0.2, 0.25) is 5.91 Å².